The third-order valence-electron chi connectivity index (χ3n) is 5.86. The van der Waals surface area contributed by atoms with Gasteiger partial charge in [-0.2, -0.15) is 0 Å². The number of ether oxygens (including phenoxy) is 2. The highest BCUT2D eigenvalue weighted by Gasteiger charge is 2.33. The number of fused-ring (bicyclic) bond motifs is 3. The van der Waals surface area contributed by atoms with Crippen LogP contribution in [0.5, 0.6) is 11.5 Å². The Balaban J connectivity index is 1.39. The van der Waals surface area contributed by atoms with Crippen LogP contribution in [0.1, 0.15) is 29.5 Å². The Hall–Kier alpha value is -2.00. The van der Waals surface area contributed by atoms with E-state index in [-0.39, 0.29) is 0 Å². The van der Waals surface area contributed by atoms with Gasteiger partial charge in [-0.25, -0.2) is 0 Å². The molecule has 2 aromatic rings. The van der Waals surface area contributed by atoms with Crippen LogP contribution in [0.15, 0.2) is 42.5 Å². The Labute approximate surface area is 143 Å². The van der Waals surface area contributed by atoms with Crippen molar-refractivity contribution in [2.24, 2.45) is 5.92 Å². The molecule has 1 aliphatic carbocycles. The average Bonchev–Trinajstić information content (AvgIpc) is 3.03. The second-order valence-corrected chi connectivity index (χ2v) is 7.38. The lowest BCUT2D eigenvalue weighted by Gasteiger charge is -2.41. The van der Waals surface area contributed by atoms with Gasteiger partial charge in [-0.3, -0.25) is 0 Å². The van der Waals surface area contributed by atoms with E-state index in [1.807, 2.05) is 6.07 Å². The molecule has 1 N–H and O–H groups in total. The van der Waals surface area contributed by atoms with Gasteiger partial charge in [-0.05, 0) is 66.8 Å². The molecule has 3 heteroatoms. The maximum absolute atomic E-state index is 5.54. The molecule has 0 saturated carbocycles. The minimum atomic E-state index is 0.349. The Bertz CT molecular complexity index is 757. The van der Waals surface area contributed by atoms with Crippen LogP contribution < -0.4 is 14.8 Å². The first kappa shape index (κ1) is 14.4. The molecule has 0 aromatic heterocycles. The summed E-state index contributed by atoms with van der Waals surface area (Å²) in [6.45, 7) is 0.349. The van der Waals surface area contributed by atoms with Crippen molar-refractivity contribution >= 4 is 0 Å². The van der Waals surface area contributed by atoms with Crippen LogP contribution in [0.2, 0.25) is 0 Å². The minimum absolute atomic E-state index is 0.349. The Kier molecular flexibility index (Phi) is 3.48. The third kappa shape index (κ3) is 2.57. The molecule has 3 aliphatic heterocycles. The summed E-state index contributed by atoms with van der Waals surface area (Å²) >= 11 is 0. The van der Waals surface area contributed by atoms with Gasteiger partial charge < -0.3 is 14.8 Å². The number of benzene rings is 2. The molecule has 1 fully saturated rings. The van der Waals surface area contributed by atoms with Gasteiger partial charge in [0, 0.05) is 12.1 Å². The summed E-state index contributed by atoms with van der Waals surface area (Å²) in [7, 11) is 0. The Morgan fingerprint density at radius 3 is 2.67 bits per heavy atom. The molecule has 24 heavy (non-hydrogen) atoms. The molecular weight excluding hydrogens is 298 g/mol. The number of nitrogens with one attached hydrogen (secondary N) is 1. The van der Waals surface area contributed by atoms with Crippen molar-refractivity contribution < 1.29 is 9.47 Å². The minimum Gasteiger partial charge on any atom is -0.454 e. The fourth-order valence-corrected chi connectivity index (χ4v) is 4.60. The lowest BCUT2D eigenvalue weighted by atomic mass is 9.75. The molecule has 2 aromatic carbocycles. The normalized spacial score (nSPS) is 27.4. The smallest absolute Gasteiger partial charge is 0.231 e. The molecule has 124 valence electrons. The first-order valence-corrected chi connectivity index (χ1v) is 9.06. The summed E-state index contributed by atoms with van der Waals surface area (Å²) in [5.74, 6) is 2.49. The first-order valence-electron chi connectivity index (χ1n) is 9.06. The molecular formula is C21H23NO2. The van der Waals surface area contributed by atoms with Gasteiger partial charge in [0.25, 0.3) is 0 Å². The van der Waals surface area contributed by atoms with Crippen molar-refractivity contribution in [3.63, 3.8) is 0 Å². The highest BCUT2D eigenvalue weighted by molar-refractivity contribution is 5.44. The molecule has 6 rings (SSSR count). The zero-order chi connectivity index (χ0) is 15.9. The predicted octanol–water partition coefficient (Wildman–Crippen LogP) is 3.49. The van der Waals surface area contributed by atoms with Crippen molar-refractivity contribution in [1.82, 2.24) is 5.32 Å². The molecule has 3 heterocycles. The quantitative estimate of drug-likeness (QED) is 0.918. The van der Waals surface area contributed by atoms with Gasteiger partial charge in [-0.15, -0.1) is 0 Å². The van der Waals surface area contributed by atoms with Crippen molar-refractivity contribution in [1.29, 1.82) is 0 Å². The van der Waals surface area contributed by atoms with Gasteiger partial charge in [0.05, 0.1) is 0 Å². The van der Waals surface area contributed by atoms with E-state index in [1.54, 1.807) is 11.1 Å². The predicted molar refractivity (Wildman–Crippen MR) is 93.6 cm³/mol. The van der Waals surface area contributed by atoms with Crippen LogP contribution in [0, 0.1) is 5.92 Å². The summed E-state index contributed by atoms with van der Waals surface area (Å²) in [6, 6.07) is 16.6. The van der Waals surface area contributed by atoms with E-state index in [4.69, 9.17) is 9.47 Å². The molecule has 0 amide bonds. The molecule has 0 spiro atoms. The van der Waals surface area contributed by atoms with Gasteiger partial charge in [0.2, 0.25) is 6.79 Å². The van der Waals surface area contributed by atoms with Crippen molar-refractivity contribution in [3.05, 3.63) is 59.2 Å². The summed E-state index contributed by atoms with van der Waals surface area (Å²) in [4.78, 5) is 0. The Morgan fingerprint density at radius 2 is 1.75 bits per heavy atom. The number of hydrogen-bond donors (Lipinski definition) is 1. The monoisotopic (exact) mass is 321 g/mol. The Morgan fingerprint density at radius 1 is 0.917 bits per heavy atom. The molecule has 3 nitrogen and oxygen atoms in total. The second-order valence-electron chi connectivity index (χ2n) is 7.38. The molecule has 4 aliphatic rings. The highest BCUT2D eigenvalue weighted by Crippen LogP contribution is 2.35. The highest BCUT2D eigenvalue weighted by atomic mass is 16.7. The lowest BCUT2D eigenvalue weighted by molar-refractivity contribution is 0.174. The van der Waals surface area contributed by atoms with E-state index < -0.39 is 0 Å². The van der Waals surface area contributed by atoms with E-state index in [0.717, 1.165) is 17.9 Å². The molecule has 0 unspecified atom stereocenters. The van der Waals surface area contributed by atoms with E-state index in [1.165, 1.54) is 31.2 Å². The van der Waals surface area contributed by atoms with Gasteiger partial charge in [-0.1, -0.05) is 30.3 Å². The van der Waals surface area contributed by atoms with E-state index in [2.05, 4.69) is 41.7 Å². The van der Waals surface area contributed by atoms with Crippen LogP contribution in [0.25, 0.3) is 0 Å². The summed E-state index contributed by atoms with van der Waals surface area (Å²) in [6.07, 6.45) is 6.07. The van der Waals surface area contributed by atoms with E-state index in [0.29, 0.717) is 24.8 Å². The average molecular weight is 321 g/mol. The van der Waals surface area contributed by atoms with Crippen LogP contribution >= 0.6 is 0 Å². The zero-order valence-corrected chi connectivity index (χ0v) is 13.8. The number of piperidine rings is 1. The van der Waals surface area contributed by atoms with Crippen LogP contribution in [-0.2, 0) is 19.3 Å². The maximum atomic E-state index is 5.54. The maximum Gasteiger partial charge on any atom is 0.231 e. The van der Waals surface area contributed by atoms with Crippen LogP contribution in [-0.4, -0.2) is 18.9 Å². The molecule has 3 atom stereocenters. The lowest BCUT2D eigenvalue weighted by Crippen LogP contribution is -2.51. The van der Waals surface area contributed by atoms with E-state index in [9.17, 15) is 0 Å². The van der Waals surface area contributed by atoms with Crippen LogP contribution in [0.4, 0.5) is 0 Å². The fraction of sp³-hybridized carbons (Fsp3) is 0.429. The molecule has 2 bridgehead atoms. The van der Waals surface area contributed by atoms with Gasteiger partial charge in [0.15, 0.2) is 11.5 Å². The third-order valence-corrected chi connectivity index (χ3v) is 5.86. The zero-order valence-electron chi connectivity index (χ0n) is 13.8. The summed E-state index contributed by atoms with van der Waals surface area (Å²) in [5, 5.41) is 3.94. The van der Waals surface area contributed by atoms with Gasteiger partial charge in [0.1, 0.15) is 0 Å². The van der Waals surface area contributed by atoms with Crippen molar-refractivity contribution in [2.75, 3.05) is 6.79 Å². The first-order chi connectivity index (χ1) is 11.8. The van der Waals surface area contributed by atoms with Crippen LogP contribution in [0.3, 0.4) is 0 Å². The van der Waals surface area contributed by atoms with Crippen molar-refractivity contribution in [2.45, 2.75) is 44.2 Å². The largest absolute Gasteiger partial charge is 0.454 e. The summed E-state index contributed by atoms with van der Waals surface area (Å²) in [5.41, 5.74) is 4.45. The number of rotatable bonds is 2. The summed E-state index contributed by atoms with van der Waals surface area (Å²) < 4.78 is 11.0. The fourth-order valence-electron chi connectivity index (χ4n) is 4.60. The molecule has 1 saturated heterocycles. The standard InChI is InChI=1S/C21H23NO2/c1-2-4-16-12-18-7-6-17(11-15(16)3-1)19(22-18)9-14-5-8-20-21(10-14)24-13-23-20/h1-5,8,10,17-19,22H,6-7,9,11-13H2/t17-,18+,19+/m1/s1. The number of hydrogen-bond acceptors (Lipinski definition) is 3. The SMILES string of the molecule is c1ccc2c(c1)C[C@@H]1CC[C@H](C2)[C@H](Cc2ccc3c(c2)OCO3)N1. The van der Waals surface area contributed by atoms with E-state index >= 15 is 0 Å². The van der Waals surface area contributed by atoms with Crippen molar-refractivity contribution in [3.8, 4) is 11.5 Å². The molecule has 0 radical (unpaired) electrons. The second kappa shape index (κ2) is 5.82. The topological polar surface area (TPSA) is 30.5 Å². The van der Waals surface area contributed by atoms with Gasteiger partial charge >= 0.3 is 0 Å².